The number of aromatic carboxylic acids is 1. The highest BCUT2D eigenvalue weighted by atomic mass is 16.5. The van der Waals surface area contributed by atoms with E-state index < -0.39 is 5.97 Å². The lowest BCUT2D eigenvalue weighted by molar-refractivity contribution is 0.0692. The second-order valence-electron chi connectivity index (χ2n) is 6.97. The highest BCUT2D eigenvalue weighted by Crippen LogP contribution is 2.37. The molecule has 4 nitrogen and oxygen atoms in total. The van der Waals surface area contributed by atoms with E-state index in [2.05, 4.69) is 26.0 Å². The molecular weight excluding hydrogens is 316 g/mol. The molecule has 1 aliphatic rings. The molecule has 1 aliphatic carbocycles. The maximum Gasteiger partial charge on any atom is 0.339 e. The zero-order valence-corrected chi connectivity index (χ0v) is 15.3. The fourth-order valence-electron chi connectivity index (χ4n) is 3.19. The van der Waals surface area contributed by atoms with Crippen molar-refractivity contribution in [1.82, 2.24) is 0 Å². The van der Waals surface area contributed by atoms with Gasteiger partial charge in [-0.1, -0.05) is 37.6 Å². The largest absolute Gasteiger partial charge is 0.507 e. The van der Waals surface area contributed by atoms with Gasteiger partial charge in [0.05, 0.1) is 7.11 Å². The molecule has 0 amide bonds. The van der Waals surface area contributed by atoms with E-state index in [-0.39, 0.29) is 11.3 Å². The predicted octanol–water partition coefficient (Wildman–Crippen LogP) is 4.90. The number of rotatable bonds is 8. The molecule has 0 heterocycles. The Kier molecular flexibility index (Phi) is 6.68. The lowest BCUT2D eigenvalue weighted by Crippen LogP contribution is -2.08. The van der Waals surface area contributed by atoms with Crippen molar-refractivity contribution in [3.63, 3.8) is 0 Å². The third-order valence-electron chi connectivity index (χ3n) is 4.67. The van der Waals surface area contributed by atoms with Crippen LogP contribution in [0.5, 0.6) is 11.5 Å². The fraction of sp³-hybridized carbons (Fsp3) is 0.476. The van der Waals surface area contributed by atoms with Gasteiger partial charge in [-0.15, -0.1) is 0 Å². The van der Waals surface area contributed by atoms with E-state index in [1.54, 1.807) is 13.2 Å². The summed E-state index contributed by atoms with van der Waals surface area (Å²) in [6.07, 6.45) is 11.1. The number of ether oxygens (including phenoxy) is 1. The lowest BCUT2D eigenvalue weighted by atomic mass is 9.91. The quantitative estimate of drug-likeness (QED) is 0.704. The molecule has 1 aromatic carbocycles. The lowest BCUT2D eigenvalue weighted by Gasteiger charge is -2.18. The number of methoxy groups -OCH3 is 1. The van der Waals surface area contributed by atoms with Crippen molar-refractivity contribution in [3.8, 4) is 11.5 Å². The average Bonchev–Trinajstić information content (AvgIpc) is 2.58. The van der Waals surface area contributed by atoms with E-state index in [4.69, 9.17) is 4.74 Å². The van der Waals surface area contributed by atoms with Crippen LogP contribution in [-0.4, -0.2) is 23.3 Å². The highest BCUT2D eigenvalue weighted by molar-refractivity contribution is 5.93. The van der Waals surface area contributed by atoms with Crippen LogP contribution in [0.25, 0.3) is 0 Å². The third kappa shape index (κ3) is 4.88. The van der Waals surface area contributed by atoms with Crippen LogP contribution in [0.4, 0.5) is 0 Å². The zero-order valence-electron chi connectivity index (χ0n) is 15.3. The van der Waals surface area contributed by atoms with Gasteiger partial charge in [-0.3, -0.25) is 0 Å². The normalized spacial score (nSPS) is 13.8. The first-order chi connectivity index (χ1) is 11.9. The van der Waals surface area contributed by atoms with E-state index >= 15 is 0 Å². The van der Waals surface area contributed by atoms with Gasteiger partial charge in [-0.25, -0.2) is 4.79 Å². The number of benzene rings is 1. The van der Waals surface area contributed by atoms with Gasteiger partial charge >= 0.3 is 5.97 Å². The highest BCUT2D eigenvalue weighted by Gasteiger charge is 2.23. The van der Waals surface area contributed by atoms with Crippen molar-refractivity contribution in [1.29, 1.82) is 0 Å². The Morgan fingerprint density at radius 3 is 2.60 bits per heavy atom. The molecule has 136 valence electrons. The van der Waals surface area contributed by atoms with Crippen LogP contribution in [0.15, 0.2) is 29.9 Å². The van der Waals surface area contributed by atoms with Crippen LogP contribution in [-0.2, 0) is 12.8 Å². The van der Waals surface area contributed by atoms with Crippen LogP contribution in [0, 0.1) is 5.92 Å². The number of aryl methyl sites for hydroxylation is 1. The second kappa shape index (κ2) is 8.75. The van der Waals surface area contributed by atoms with E-state index in [0.717, 1.165) is 25.7 Å². The maximum atomic E-state index is 11.8. The predicted molar refractivity (Wildman–Crippen MR) is 99.6 cm³/mol. The van der Waals surface area contributed by atoms with Gasteiger partial charge < -0.3 is 14.9 Å². The molecule has 0 unspecified atom stereocenters. The summed E-state index contributed by atoms with van der Waals surface area (Å²) >= 11 is 0. The second-order valence-corrected chi connectivity index (χ2v) is 6.97. The molecule has 2 rings (SSSR count). The number of hydrogen-bond donors (Lipinski definition) is 2. The molecule has 0 saturated carbocycles. The van der Waals surface area contributed by atoms with Gasteiger partial charge in [0.2, 0.25) is 0 Å². The molecule has 25 heavy (non-hydrogen) atoms. The van der Waals surface area contributed by atoms with Gasteiger partial charge in [-0.2, -0.15) is 0 Å². The molecule has 0 saturated heterocycles. The van der Waals surface area contributed by atoms with Crippen molar-refractivity contribution >= 4 is 5.97 Å². The van der Waals surface area contributed by atoms with Gasteiger partial charge in [-0.05, 0) is 56.1 Å². The third-order valence-corrected chi connectivity index (χ3v) is 4.67. The monoisotopic (exact) mass is 344 g/mol. The Bertz CT molecular complexity index is 684. The van der Waals surface area contributed by atoms with Crippen molar-refractivity contribution in [2.24, 2.45) is 5.92 Å². The number of phenols is 1. The minimum absolute atomic E-state index is 0.0199. The molecule has 0 aromatic heterocycles. The fourth-order valence-corrected chi connectivity index (χ4v) is 3.19. The Balaban J connectivity index is 2.34. The van der Waals surface area contributed by atoms with Crippen LogP contribution in [0.3, 0.4) is 0 Å². The van der Waals surface area contributed by atoms with Gasteiger partial charge in [0.15, 0.2) is 0 Å². The molecular formula is C21H28O4. The first kappa shape index (κ1) is 19.1. The number of carbonyl (C=O) groups is 1. The topological polar surface area (TPSA) is 66.8 Å². The van der Waals surface area contributed by atoms with Crippen molar-refractivity contribution in [2.75, 3.05) is 7.11 Å². The first-order valence-electron chi connectivity index (χ1n) is 8.93. The number of carboxylic acids is 1. The molecule has 4 heteroatoms. The van der Waals surface area contributed by atoms with Gasteiger partial charge in [0.1, 0.15) is 17.1 Å². The molecule has 0 spiro atoms. The summed E-state index contributed by atoms with van der Waals surface area (Å²) in [5.41, 5.74) is 2.55. The molecule has 2 N–H and O–H groups in total. The molecule has 0 bridgehead atoms. The SMILES string of the molecule is COc1cc(CCC2=CC=CCC2)c(C(=O)O)c(O)c1CCC(C)C. The van der Waals surface area contributed by atoms with Crippen LogP contribution in [0.2, 0.25) is 0 Å². The first-order valence-corrected chi connectivity index (χ1v) is 8.93. The van der Waals surface area contributed by atoms with Crippen molar-refractivity contribution in [2.45, 2.75) is 52.4 Å². The van der Waals surface area contributed by atoms with Crippen LogP contribution >= 0.6 is 0 Å². The minimum Gasteiger partial charge on any atom is -0.507 e. The molecule has 0 aliphatic heterocycles. The number of aromatic hydroxyl groups is 1. The van der Waals surface area contributed by atoms with Gasteiger partial charge in [0.25, 0.3) is 0 Å². The smallest absolute Gasteiger partial charge is 0.339 e. The molecule has 0 fully saturated rings. The summed E-state index contributed by atoms with van der Waals surface area (Å²) in [4.78, 5) is 11.8. The Morgan fingerprint density at radius 2 is 2.04 bits per heavy atom. The zero-order chi connectivity index (χ0) is 18.4. The summed E-state index contributed by atoms with van der Waals surface area (Å²) in [5, 5.41) is 20.2. The Morgan fingerprint density at radius 1 is 1.28 bits per heavy atom. The summed E-state index contributed by atoms with van der Waals surface area (Å²) in [7, 11) is 1.56. The molecule has 1 aromatic rings. The minimum atomic E-state index is -1.08. The number of carboxylic acid groups (broad SMARTS) is 1. The summed E-state index contributed by atoms with van der Waals surface area (Å²) < 4.78 is 5.45. The van der Waals surface area contributed by atoms with Crippen molar-refractivity contribution in [3.05, 3.63) is 46.6 Å². The van der Waals surface area contributed by atoms with E-state index in [1.165, 1.54) is 5.57 Å². The van der Waals surface area contributed by atoms with Gasteiger partial charge in [0, 0.05) is 5.56 Å². The molecule has 0 atom stereocenters. The molecule has 0 radical (unpaired) electrons. The number of hydrogen-bond acceptors (Lipinski definition) is 3. The Hall–Kier alpha value is -2.23. The van der Waals surface area contributed by atoms with E-state index in [0.29, 0.717) is 35.6 Å². The maximum absolute atomic E-state index is 11.8. The standard InChI is InChI=1S/C21H28O4/c1-14(2)9-12-17-18(25-3)13-16(19(20(17)22)21(23)24)11-10-15-7-5-4-6-8-15/h4-5,7,13-14,22H,6,8-12H2,1-3H3,(H,23,24). The van der Waals surface area contributed by atoms with E-state index in [9.17, 15) is 15.0 Å². The average molecular weight is 344 g/mol. The van der Waals surface area contributed by atoms with Crippen LogP contribution in [0.1, 0.15) is 61.0 Å². The van der Waals surface area contributed by atoms with E-state index in [1.807, 2.05) is 6.08 Å². The Labute approximate surface area is 149 Å². The van der Waals surface area contributed by atoms with Crippen molar-refractivity contribution < 1.29 is 19.7 Å². The number of allylic oxidation sites excluding steroid dienone is 4. The summed E-state index contributed by atoms with van der Waals surface area (Å²) in [6, 6.07) is 1.79. The summed E-state index contributed by atoms with van der Waals surface area (Å²) in [6.45, 7) is 4.20. The summed E-state index contributed by atoms with van der Waals surface area (Å²) in [5.74, 6) is -0.183. The van der Waals surface area contributed by atoms with Crippen LogP contribution < -0.4 is 4.74 Å².